The zero-order valence-corrected chi connectivity index (χ0v) is 122. The monoisotopic (exact) mass is 2400 g/mol. The van der Waals surface area contributed by atoms with Crippen LogP contribution in [0, 0.1) is 324 Å². The van der Waals surface area contributed by atoms with Crippen LogP contribution < -0.4 is 31.6 Å². The molecule has 0 spiro atoms. The van der Waals surface area contributed by atoms with Gasteiger partial charge in [-0.3, -0.25) is 14.1 Å². The quantitative estimate of drug-likeness (QED) is 0.0527. The number of phenolic OH excluding ortho intramolecular Hbond substituents is 2. The first kappa shape index (κ1) is 152. The third kappa shape index (κ3) is 29.0. The summed E-state index contributed by atoms with van der Waals surface area (Å²) in [6.45, 7) is 145. The Labute approximate surface area is 1030 Å². The van der Waals surface area contributed by atoms with Crippen molar-refractivity contribution in [3.63, 3.8) is 0 Å². The van der Waals surface area contributed by atoms with E-state index in [0.29, 0.717) is 11.5 Å². The van der Waals surface area contributed by atoms with E-state index in [1.165, 1.54) is 217 Å². The average molecular weight is 2400 g/mol. The van der Waals surface area contributed by atoms with Crippen LogP contribution in [-0.4, -0.2) is 35.4 Å². The molecule has 8 N–H and O–H groups in total. The topological polar surface area (TPSA) is 135 Å². The molecule has 14 heteroatoms. The van der Waals surface area contributed by atoms with Crippen molar-refractivity contribution in [3.8, 4) is 23.0 Å². The van der Waals surface area contributed by atoms with Crippen LogP contribution in [0.25, 0.3) is 0 Å². The van der Waals surface area contributed by atoms with Crippen molar-refractivity contribution >= 4 is 0 Å². The molecule has 0 aliphatic rings. The molecule has 0 bridgehead atoms. The Morgan fingerprint density at radius 1 is 0.176 bits per heavy atom. The van der Waals surface area contributed by atoms with E-state index in [1.807, 2.05) is 27.7 Å². The summed E-state index contributed by atoms with van der Waals surface area (Å²) in [6.07, 6.45) is 0. The van der Waals surface area contributed by atoms with Gasteiger partial charge in [-0.25, -0.2) is 0 Å². The van der Waals surface area contributed by atoms with Gasteiger partial charge in [-0.1, -0.05) is 125 Å². The Morgan fingerprint density at radius 3 is 0.465 bits per heavy atom. The normalized spacial score (nSPS) is 12.6. The molecule has 0 amide bonds. The van der Waals surface area contributed by atoms with E-state index in [9.17, 15) is 10.2 Å². The smallest absolute Gasteiger partial charge is 0.138 e. The molecule has 0 saturated heterocycles. The first-order chi connectivity index (χ1) is 61.0. The van der Waals surface area contributed by atoms with Gasteiger partial charge in [0.2, 0.25) is 0 Å². The SMILES string of the molecule is CNC(C)(C)C(C)(C)C(C)(C)c1c(C)c(C)c(C)c(C)c1C.CNC(C)(C)C(C)(C)C(C)(Oc1c(C)c(C)c(C)c(C)c1C)c1c(C)c(C)c(C)c(C)c1C.Cc1c(C)c(C)c(C(C)(C)C(C)(C)C(C)(C)C)c(C)c1C.Cc1c(C)c(C)c(O)c(C)c1C.Cc1c(C)c(C)c(O)c(C)c1C.Cc1c(C)c(C)c(OC(C)(c2c(C)c(C)c(C)c(C)c2C)C(C)(C)C(C)(C)C)c(C)c1C.[CH2-]N.[CH2-]N.[Y].[Y].[Y].[Y].[Y].[Y]. The molecule has 0 saturated carbocycles. The fraction of sp³-hybridized carbons (Fsp3) is 0.609. The second-order valence-corrected chi connectivity index (χ2v) is 48.1. The summed E-state index contributed by atoms with van der Waals surface area (Å²) in [4.78, 5) is 0. The molecule has 2 atom stereocenters. The molecular formula is C128H210N4O4Y6-2. The number of hydrogen-bond donors (Lipinski definition) is 6. The minimum Gasteiger partial charge on any atom is -0.507 e. The summed E-state index contributed by atoms with van der Waals surface area (Å²) in [5.74, 6) is 3.00. The molecule has 8 aromatic carbocycles. The van der Waals surface area contributed by atoms with Gasteiger partial charge in [-0.05, 0) is 599 Å². The van der Waals surface area contributed by atoms with Crippen LogP contribution in [-0.2, 0) is 218 Å². The molecule has 0 aliphatic heterocycles. The number of hydrogen-bond acceptors (Lipinski definition) is 8. The van der Waals surface area contributed by atoms with Crippen LogP contribution >= 0.6 is 0 Å². The van der Waals surface area contributed by atoms with Crippen LogP contribution in [0.4, 0.5) is 0 Å². The summed E-state index contributed by atoms with van der Waals surface area (Å²) in [5, 5.41) is 26.5. The van der Waals surface area contributed by atoms with Gasteiger partial charge in [-0.15, -0.1) is 0 Å². The number of benzene rings is 8. The van der Waals surface area contributed by atoms with Crippen LogP contribution in [0.1, 0.15) is 411 Å². The van der Waals surface area contributed by atoms with Gasteiger partial charge in [0.15, 0.2) is 0 Å². The molecule has 8 rings (SSSR count). The standard InChI is InChI=1S/C31H49NO.C31H48O.C21H37N.C21H36.2C11H16O.2CH4N.6Y/c1-17-19(3)23(7)27(24(8)20(17)4)31(15,29(11,12)30(13,14)32-16)33-28-25(9)21(5)18(2)22(6)26(28)10;1-17-19(3)23(7)27(24(8)20(17)4)31(16,30(14,15)29(11,12)13)32-28-25(9)21(5)18(2)22(6)26(28)10;1-13-14(2)16(4)18(17(5)15(13)3)19(6,7)20(8,9)21(10,11)22-12;1-13-14(2)16(4)18(17(5)15(13)3)20(9,10)21(11,12)19(6,7)8;2*1-6-7(2)9(4)11(12)10(5)8(6)3;2*1-2;;;;;;/h32H,1-16H3;1-16H3;22H,1-12H3;1-12H3;2*12H,1-5H3;2*1-2H2;;;;;;/q;;;;;;2*-1;;;;;;. The van der Waals surface area contributed by atoms with Crippen molar-refractivity contribution in [2.24, 2.45) is 44.0 Å². The molecule has 142 heavy (non-hydrogen) atoms. The second-order valence-electron chi connectivity index (χ2n) is 48.1. The molecule has 8 nitrogen and oxygen atoms in total. The van der Waals surface area contributed by atoms with Gasteiger partial charge in [0.25, 0.3) is 0 Å². The number of phenols is 2. The molecule has 0 aliphatic carbocycles. The molecular weight excluding hydrogens is 2190 g/mol. The number of rotatable bonds is 16. The molecule has 2 unspecified atom stereocenters. The number of nitrogens with one attached hydrogen (secondary N) is 2. The van der Waals surface area contributed by atoms with Crippen molar-refractivity contribution in [2.45, 2.75) is 476 Å². The Balaban J connectivity index is -0.000000397. The maximum absolute atomic E-state index is 9.69. The minimum atomic E-state index is -0.569. The van der Waals surface area contributed by atoms with Crippen molar-refractivity contribution in [2.75, 3.05) is 14.1 Å². The maximum Gasteiger partial charge on any atom is 0.138 e. The first-order valence-electron chi connectivity index (χ1n) is 50.6. The van der Waals surface area contributed by atoms with E-state index in [4.69, 9.17) is 9.47 Å². The van der Waals surface area contributed by atoms with Gasteiger partial charge in [0.1, 0.15) is 34.2 Å². The van der Waals surface area contributed by atoms with Gasteiger partial charge >= 0.3 is 0 Å². The van der Waals surface area contributed by atoms with E-state index in [-0.39, 0.29) is 251 Å². The zero-order chi connectivity index (χ0) is 109. The minimum absolute atomic E-state index is 0. The number of nitrogens with two attached hydrogens (primary N) is 2. The average Bonchev–Trinajstić information content (AvgIpc) is 0.717. The van der Waals surface area contributed by atoms with Crippen molar-refractivity contribution in [1.29, 1.82) is 0 Å². The van der Waals surface area contributed by atoms with E-state index >= 15 is 0 Å². The van der Waals surface area contributed by atoms with Gasteiger partial charge in [0, 0.05) is 229 Å². The number of aromatic hydroxyl groups is 2. The number of ether oxygens (including phenoxy) is 2. The Hall–Kier alpha value is -0.577. The predicted octanol–water partition coefficient (Wildman–Crippen LogP) is 34.7. The van der Waals surface area contributed by atoms with Crippen LogP contribution in [0.15, 0.2) is 0 Å². The molecule has 6 radical (unpaired) electrons. The largest absolute Gasteiger partial charge is 0.507 e. The zero-order valence-electron chi connectivity index (χ0n) is 105. The van der Waals surface area contributed by atoms with Gasteiger partial charge in [-0.2, -0.15) is 0 Å². The van der Waals surface area contributed by atoms with E-state index in [2.05, 4.69) is 466 Å². The predicted molar refractivity (Wildman–Crippen MR) is 606 cm³/mol. The van der Waals surface area contributed by atoms with Crippen LogP contribution in [0.3, 0.4) is 0 Å². The molecule has 0 aromatic heterocycles. The second kappa shape index (κ2) is 56.7. The van der Waals surface area contributed by atoms with Crippen molar-refractivity contribution < 1.29 is 216 Å². The molecule has 8 aromatic rings. The Morgan fingerprint density at radius 2 is 0.303 bits per heavy atom. The summed E-state index contributed by atoms with van der Waals surface area (Å²) in [5.41, 5.74) is 66.3. The summed E-state index contributed by atoms with van der Waals surface area (Å²) < 4.78 is 14.8. The third-order valence-corrected chi connectivity index (χ3v) is 40.2. The van der Waals surface area contributed by atoms with E-state index in [0.717, 1.165) is 33.8 Å². The fourth-order valence-corrected chi connectivity index (χ4v) is 21.2. The van der Waals surface area contributed by atoms with E-state index in [1.54, 1.807) is 5.56 Å². The molecule has 0 heterocycles. The van der Waals surface area contributed by atoms with Crippen molar-refractivity contribution in [1.82, 2.24) is 10.6 Å². The van der Waals surface area contributed by atoms with E-state index < -0.39 is 11.2 Å². The first-order valence-corrected chi connectivity index (χ1v) is 50.6. The Bertz CT molecular complexity index is 5230. The summed E-state index contributed by atoms with van der Waals surface area (Å²) in [7, 11) is 9.63. The molecule has 0 fully saturated rings. The summed E-state index contributed by atoms with van der Waals surface area (Å²) in [6, 6.07) is 0. The Kier molecular flexibility index (Phi) is 60.7. The summed E-state index contributed by atoms with van der Waals surface area (Å²) >= 11 is 0. The maximum atomic E-state index is 9.69. The van der Waals surface area contributed by atoms with Crippen LogP contribution in [0.5, 0.6) is 23.0 Å². The van der Waals surface area contributed by atoms with Crippen LogP contribution in [0.2, 0.25) is 0 Å². The third-order valence-electron chi connectivity index (χ3n) is 40.2. The van der Waals surface area contributed by atoms with Gasteiger partial charge < -0.3 is 41.8 Å². The van der Waals surface area contributed by atoms with Gasteiger partial charge in [0.05, 0.1) is 0 Å². The van der Waals surface area contributed by atoms with Crippen molar-refractivity contribution in [3.05, 3.63) is 259 Å². The molecule has 786 valence electrons. The fourth-order valence-electron chi connectivity index (χ4n) is 21.2.